The smallest absolute Gasteiger partial charge is 0.343 e. The van der Waals surface area contributed by atoms with Crippen LogP contribution in [0, 0.1) is 0 Å². The molecule has 0 spiro atoms. The van der Waals surface area contributed by atoms with E-state index in [1.165, 1.54) is 6.21 Å². The second-order valence-corrected chi connectivity index (χ2v) is 4.75. The summed E-state index contributed by atoms with van der Waals surface area (Å²) in [6, 6.07) is 11.5. The summed E-state index contributed by atoms with van der Waals surface area (Å²) >= 11 is 5.80. The van der Waals surface area contributed by atoms with Crippen LogP contribution < -0.4 is 15.3 Å². The van der Waals surface area contributed by atoms with Crippen LogP contribution in [0.2, 0.25) is 5.02 Å². The van der Waals surface area contributed by atoms with Gasteiger partial charge < -0.3 is 15.3 Å². The molecule has 22 heavy (non-hydrogen) atoms. The Morgan fingerprint density at radius 3 is 2.59 bits per heavy atom. The molecule has 0 amide bonds. The van der Waals surface area contributed by atoms with Crippen molar-refractivity contribution in [2.24, 2.45) is 10.9 Å². The first-order chi connectivity index (χ1) is 10.6. The Hall–Kier alpha value is -2.53. The number of carbonyl (C=O) groups excluding carboxylic acids is 1. The molecule has 0 heterocycles. The molecule has 0 bridgehead atoms. The van der Waals surface area contributed by atoms with Gasteiger partial charge in [-0.05, 0) is 55.0 Å². The van der Waals surface area contributed by atoms with Gasteiger partial charge in [0.2, 0.25) is 0 Å². The molecule has 5 nitrogen and oxygen atoms in total. The Morgan fingerprint density at radius 1 is 1.23 bits per heavy atom. The van der Waals surface area contributed by atoms with Crippen molar-refractivity contribution in [3.63, 3.8) is 0 Å². The number of rotatable bonds is 5. The number of benzene rings is 2. The van der Waals surface area contributed by atoms with Gasteiger partial charge in [-0.1, -0.05) is 11.6 Å². The zero-order valence-corrected chi connectivity index (χ0v) is 12.7. The Morgan fingerprint density at radius 2 is 1.95 bits per heavy atom. The lowest BCUT2D eigenvalue weighted by Crippen LogP contribution is -2.09. The average molecular weight is 319 g/mol. The molecule has 0 aliphatic rings. The zero-order chi connectivity index (χ0) is 15.9. The van der Waals surface area contributed by atoms with E-state index in [1.54, 1.807) is 42.5 Å². The van der Waals surface area contributed by atoms with Gasteiger partial charge in [0, 0.05) is 5.02 Å². The van der Waals surface area contributed by atoms with Gasteiger partial charge in [0.1, 0.15) is 0 Å². The van der Waals surface area contributed by atoms with E-state index in [0.717, 1.165) is 5.56 Å². The van der Waals surface area contributed by atoms with Crippen LogP contribution in [0.25, 0.3) is 0 Å². The van der Waals surface area contributed by atoms with Gasteiger partial charge in [-0.3, -0.25) is 0 Å². The van der Waals surface area contributed by atoms with Gasteiger partial charge in [-0.25, -0.2) is 4.79 Å². The maximum atomic E-state index is 12.1. The summed E-state index contributed by atoms with van der Waals surface area (Å²) in [7, 11) is 0. The Kier molecular flexibility index (Phi) is 5.38. The van der Waals surface area contributed by atoms with Crippen LogP contribution in [0.1, 0.15) is 22.8 Å². The number of halogens is 1. The summed E-state index contributed by atoms with van der Waals surface area (Å²) in [5.74, 6) is 5.41. The minimum absolute atomic E-state index is 0.330. The summed E-state index contributed by atoms with van der Waals surface area (Å²) in [6.07, 6.45) is 1.48. The first-order valence-electron chi connectivity index (χ1n) is 6.62. The molecule has 0 fully saturated rings. The van der Waals surface area contributed by atoms with E-state index in [0.29, 0.717) is 28.7 Å². The van der Waals surface area contributed by atoms with Crippen LogP contribution in [0.5, 0.6) is 11.5 Å². The predicted octanol–water partition coefficient (Wildman–Crippen LogP) is 3.25. The maximum Gasteiger partial charge on any atom is 0.343 e. The van der Waals surface area contributed by atoms with Gasteiger partial charge in [-0.2, -0.15) is 5.10 Å². The minimum Gasteiger partial charge on any atom is -0.490 e. The molecule has 0 aromatic heterocycles. The van der Waals surface area contributed by atoms with Gasteiger partial charge in [0.25, 0.3) is 0 Å². The van der Waals surface area contributed by atoms with E-state index in [-0.39, 0.29) is 0 Å². The van der Waals surface area contributed by atoms with Gasteiger partial charge >= 0.3 is 5.97 Å². The summed E-state index contributed by atoms with van der Waals surface area (Å²) < 4.78 is 10.9. The van der Waals surface area contributed by atoms with E-state index < -0.39 is 5.97 Å². The molecule has 0 aliphatic heterocycles. The highest BCUT2D eigenvalue weighted by Gasteiger charge is 2.13. The molecule has 2 N–H and O–H groups in total. The second-order valence-electron chi connectivity index (χ2n) is 4.31. The maximum absolute atomic E-state index is 12.1. The van der Waals surface area contributed by atoms with E-state index in [9.17, 15) is 4.79 Å². The summed E-state index contributed by atoms with van der Waals surface area (Å²) in [6.45, 7) is 2.28. The first-order valence-corrected chi connectivity index (χ1v) is 6.99. The number of hydrogen-bond acceptors (Lipinski definition) is 5. The zero-order valence-electron chi connectivity index (χ0n) is 12.0. The molecule has 0 aliphatic carbocycles. The molecule has 0 saturated carbocycles. The van der Waals surface area contributed by atoms with Crippen LogP contribution >= 0.6 is 11.6 Å². The highest BCUT2D eigenvalue weighted by molar-refractivity contribution is 6.30. The second kappa shape index (κ2) is 7.47. The van der Waals surface area contributed by atoms with Gasteiger partial charge in [0.05, 0.1) is 18.4 Å². The van der Waals surface area contributed by atoms with Crippen molar-refractivity contribution in [2.45, 2.75) is 6.92 Å². The number of esters is 1. The van der Waals surface area contributed by atoms with Crippen molar-refractivity contribution in [3.8, 4) is 11.5 Å². The van der Waals surface area contributed by atoms with E-state index in [1.807, 2.05) is 6.92 Å². The van der Waals surface area contributed by atoms with Crippen LogP contribution in [-0.2, 0) is 0 Å². The summed E-state index contributed by atoms with van der Waals surface area (Å²) in [4.78, 5) is 12.1. The molecular formula is C16H15ClN2O3. The van der Waals surface area contributed by atoms with Crippen LogP contribution in [-0.4, -0.2) is 18.8 Å². The van der Waals surface area contributed by atoms with E-state index in [2.05, 4.69) is 5.10 Å². The average Bonchev–Trinajstić information content (AvgIpc) is 2.51. The lowest BCUT2D eigenvalue weighted by atomic mass is 10.2. The number of hydrogen-bond donors (Lipinski definition) is 1. The van der Waals surface area contributed by atoms with Crippen LogP contribution in [0.3, 0.4) is 0 Å². The van der Waals surface area contributed by atoms with Crippen LogP contribution in [0.15, 0.2) is 47.6 Å². The fourth-order valence-corrected chi connectivity index (χ4v) is 1.91. The molecule has 0 unspecified atom stereocenters. The monoisotopic (exact) mass is 318 g/mol. The SMILES string of the molecule is CCOc1cc(C=NN)ccc1OC(=O)c1ccc(Cl)cc1. The summed E-state index contributed by atoms with van der Waals surface area (Å²) in [5, 5.41) is 4.01. The van der Waals surface area contributed by atoms with Crippen molar-refractivity contribution in [3.05, 3.63) is 58.6 Å². The highest BCUT2D eigenvalue weighted by Crippen LogP contribution is 2.29. The molecule has 6 heteroatoms. The van der Waals surface area contributed by atoms with Crippen molar-refractivity contribution in [1.82, 2.24) is 0 Å². The molecular weight excluding hydrogens is 304 g/mol. The molecule has 2 aromatic carbocycles. The molecule has 0 atom stereocenters. The third-order valence-corrected chi connectivity index (χ3v) is 3.03. The number of nitrogens with zero attached hydrogens (tertiary/aromatic N) is 1. The van der Waals surface area contributed by atoms with E-state index >= 15 is 0 Å². The fraction of sp³-hybridized carbons (Fsp3) is 0.125. The van der Waals surface area contributed by atoms with Gasteiger partial charge in [0.15, 0.2) is 11.5 Å². The molecule has 114 valence electrons. The third-order valence-electron chi connectivity index (χ3n) is 2.77. The third kappa shape index (κ3) is 3.99. The lowest BCUT2D eigenvalue weighted by molar-refractivity contribution is 0.0728. The molecule has 0 saturated heterocycles. The van der Waals surface area contributed by atoms with Crippen molar-refractivity contribution >= 4 is 23.8 Å². The molecule has 2 rings (SSSR count). The quantitative estimate of drug-likeness (QED) is 0.302. The largest absolute Gasteiger partial charge is 0.490 e. The Labute approximate surface area is 133 Å². The number of hydrazone groups is 1. The number of carbonyl (C=O) groups is 1. The lowest BCUT2D eigenvalue weighted by Gasteiger charge is -2.11. The molecule has 2 aromatic rings. The van der Waals surface area contributed by atoms with E-state index in [4.69, 9.17) is 26.9 Å². The normalized spacial score (nSPS) is 10.6. The minimum atomic E-state index is -0.488. The van der Waals surface area contributed by atoms with Crippen LogP contribution in [0.4, 0.5) is 0 Å². The van der Waals surface area contributed by atoms with Gasteiger partial charge in [-0.15, -0.1) is 0 Å². The molecule has 0 radical (unpaired) electrons. The number of nitrogens with two attached hydrogens (primary N) is 1. The standard InChI is InChI=1S/C16H15ClN2O3/c1-2-21-15-9-11(10-19-18)3-8-14(15)22-16(20)12-4-6-13(17)7-5-12/h3-10H,2,18H2,1H3. The van der Waals surface area contributed by atoms with Crippen molar-refractivity contribution in [1.29, 1.82) is 0 Å². The first kappa shape index (κ1) is 15.9. The summed E-state index contributed by atoms with van der Waals surface area (Å²) in [5.41, 5.74) is 1.15. The topological polar surface area (TPSA) is 73.9 Å². The van der Waals surface area contributed by atoms with Crippen molar-refractivity contribution < 1.29 is 14.3 Å². The highest BCUT2D eigenvalue weighted by atomic mass is 35.5. The fourth-order valence-electron chi connectivity index (χ4n) is 1.79. The Balaban J connectivity index is 2.24. The van der Waals surface area contributed by atoms with Crippen molar-refractivity contribution in [2.75, 3.05) is 6.61 Å². The number of ether oxygens (including phenoxy) is 2. The Bertz CT molecular complexity index is 684. The predicted molar refractivity (Wildman–Crippen MR) is 85.8 cm³/mol.